The van der Waals surface area contributed by atoms with Gasteiger partial charge >= 0.3 is 6.09 Å². The third-order valence-electron chi connectivity index (χ3n) is 2.76. The Morgan fingerprint density at radius 1 is 0.957 bits per heavy atom. The van der Waals surface area contributed by atoms with Crippen LogP contribution in [0.2, 0.25) is 0 Å². The van der Waals surface area contributed by atoms with E-state index in [9.17, 15) is 4.79 Å². The molecule has 23 heavy (non-hydrogen) atoms. The smallest absolute Gasteiger partial charge is 0.419 e. The van der Waals surface area contributed by atoms with Gasteiger partial charge in [-0.25, -0.2) is 14.3 Å². The second-order valence-electron chi connectivity index (χ2n) is 4.39. The Morgan fingerprint density at radius 2 is 1.57 bits per heavy atom. The van der Waals surface area contributed by atoms with Gasteiger partial charge in [0.25, 0.3) is 0 Å². The first-order chi connectivity index (χ1) is 11.3. The maximum atomic E-state index is 11.4. The van der Waals surface area contributed by atoms with Crippen LogP contribution in [0, 0.1) is 0 Å². The Hall–Kier alpha value is -3.06. The van der Waals surface area contributed by atoms with Gasteiger partial charge < -0.3 is 9.84 Å². The molecule has 0 atom stereocenters. The molecule has 0 spiro atoms. The Balaban J connectivity index is 0.000000203. The highest BCUT2D eigenvalue weighted by atomic mass is 16.5. The number of rotatable bonds is 3. The molecule has 0 aromatic carbocycles. The van der Waals surface area contributed by atoms with E-state index in [0.717, 1.165) is 11.1 Å². The molecule has 0 amide bonds. The molecule has 0 aliphatic heterocycles. The number of hydrogen-bond acceptors (Lipinski definition) is 6. The van der Waals surface area contributed by atoms with Crippen LogP contribution >= 0.6 is 0 Å². The van der Waals surface area contributed by atoms with Gasteiger partial charge in [-0.05, 0) is 35.4 Å². The lowest BCUT2D eigenvalue weighted by Gasteiger charge is -2.03. The first-order valence-electron chi connectivity index (χ1n) is 6.83. The predicted octanol–water partition coefficient (Wildman–Crippen LogP) is 2.04. The lowest BCUT2D eigenvalue weighted by molar-refractivity contribution is 0.141. The van der Waals surface area contributed by atoms with Crippen molar-refractivity contribution >= 4 is 6.09 Å². The molecule has 0 unspecified atom stereocenters. The number of ether oxygens (including phenoxy) is 1. The van der Waals surface area contributed by atoms with Gasteiger partial charge in [0, 0.05) is 37.2 Å². The van der Waals surface area contributed by atoms with E-state index < -0.39 is 6.09 Å². The van der Waals surface area contributed by atoms with E-state index >= 15 is 0 Å². The molecular formula is C16H16N4O3. The van der Waals surface area contributed by atoms with Gasteiger partial charge in [0.2, 0.25) is 0 Å². The molecule has 0 aliphatic carbocycles. The lowest BCUT2D eigenvalue weighted by Crippen LogP contribution is -2.11. The quantitative estimate of drug-likeness (QED) is 0.796. The van der Waals surface area contributed by atoms with Crippen LogP contribution in [0.3, 0.4) is 0 Å². The molecule has 0 saturated carbocycles. The largest absolute Gasteiger partial charge is 0.444 e. The third-order valence-corrected chi connectivity index (χ3v) is 2.76. The van der Waals surface area contributed by atoms with Crippen LogP contribution in [0.1, 0.15) is 11.1 Å². The first kappa shape index (κ1) is 16.3. The zero-order chi connectivity index (χ0) is 16.3. The number of carbonyl (C=O) groups excluding carboxylic acids is 1. The van der Waals surface area contributed by atoms with Crippen LogP contribution in [-0.2, 0) is 18.0 Å². The lowest BCUT2D eigenvalue weighted by atomic mass is 10.3. The Kier molecular flexibility index (Phi) is 6.43. The zero-order valence-corrected chi connectivity index (χ0v) is 12.3. The van der Waals surface area contributed by atoms with Crippen LogP contribution in [0.5, 0.6) is 0 Å². The number of nitrogens with zero attached hydrogens (tertiary/aromatic N) is 4. The molecule has 0 aliphatic rings. The van der Waals surface area contributed by atoms with Gasteiger partial charge in [0.15, 0.2) is 0 Å². The summed E-state index contributed by atoms with van der Waals surface area (Å²) >= 11 is 0. The van der Waals surface area contributed by atoms with Gasteiger partial charge in [-0.3, -0.25) is 9.97 Å². The SMILES string of the molecule is O=C(OCc1ccncc1)n1ccnc1.OCc1ccncc1. The van der Waals surface area contributed by atoms with Crippen LogP contribution in [0.15, 0.2) is 67.8 Å². The predicted molar refractivity (Wildman–Crippen MR) is 82.2 cm³/mol. The summed E-state index contributed by atoms with van der Waals surface area (Å²) in [7, 11) is 0. The minimum absolute atomic E-state index is 0.0997. The minimum Gasteiger partial charge on any atom is -0.444 e. The number of pyridine rings is 2. The van der Waals surface area contributed by atoms with Crippen molar-refractivity contribution in [3.8, 4) is 0 Å². The average molecular weight is 312 g/mol. The monoisotopic (exact) mass is 312 g/mol. The van der Waals surface area contributed by atoms with Crippen molar-refractivity contribution in [2.45, 2.75) is 13.2 Å². The molecule has 3 aromatic heterocycles. The number of aliphatic hydroxyl groups excluding tert-OH is 1. The standard InChI is InChI=1S/C10H9N3O2.C6H7NO/c14-10(13-6-5-12-8-13)15-7-9-1-3-11-4-2-9;8-5-6-1-3-7-4-2-6/h1-6,8H,7H2;1-4,8H,5H2. The number of carbonyl (C=O) groups is 1. The molecule has 3 heterocycles. The van der Waals surface area contributed by atoms with E-state index in [1.807, 2.05) is 0 Å². The zero-order valence-electron chi connectivity index (χ0n) is 12.3. The Bertz CT molecular complexity index is 688. The fraction of sp³-hybridized carbons (Fsp3) is 0.125. The highest BCUT2D eigenvalue weighted by Gasteiger charge is 2.04. The normalized spacial score (nSPS) is 9.61. The fourth-order valence-electron chi connectivity index (χ4n) is 1.55. The first-order valence-corrected chi connectivity index (χ1v) is 6.83. The summed E-state index contributed by atoms with van der Waals surface area (Å²) in [4.78, 5) is 22.8. The molecule has 1 N–H and O–H groups in total. The molecule has 7 heteroatoms. The number of hydrogen-bond donors (Lipinski definition) is 1. The summed E-state index contributed by atoms with van der Waals surface area (Å²) in [6.07, 6.45) is 10.6. The van der Waals surface area contributed by atoms with E-state index in [4.69, 9.17) is 9.84 Å². The Labute approximate surface area is 133 Å². The molecule has 0 bridgehead atoms. The fourth-order valence-corrected chi connectivity index (χ4v) is 1.55. The molecule has 0 radical (unpaired) electrons. The molecule has 3 rings (SSSR count). The van der Waals surface area contributed by atoms with Crippen molar-refractivity contribution < 1.29 is 14.6 Å². The summed E-state index contributed by atoms with van der Waals surface area (Å²) in [6.45, 7) is 0.335. The highest BCUT2D eigenvalue weighted by Crippen LogP contribution is 2.00. The van der Waals surface area contributed by atoms with Crippen molar-refractivity contribution in [3.05, 3.63) is 78.9 Å². The van der Waals surface area contributed by atoms with Gasteiger partial charge in [-0.2, -0.15) is 0 Å². The van der Waals surface area contributed by atoms with Crippen molar-refractivity contribution in [1.29, 1.82) is 0 Å². The summed E-state index contributed by atoms with van der Waals surface area (Å²) < 4.78 is 6.31. The summed E-state index contributed by atoms with van der Waals surface area (Å²) in [5.74, 6) is 0. The summed E-state index contributed by atoms with van der Waals surface area (Å²) in [5.41, 5.74) is 1.80. The van der Waals surface area contributed by atoms with E-state index in [-0.39, 0.29) is 13.2 Å². The highest BCUT2D eigenvalue weighted by molar-refractivity contribution is 5.69. The van der Waals surface area contributed by atoms with Crippen LogP contribution in [0.4, 0.5) is 4.79 Å². The molecule has 7 nitrogen and oxygen atoms in total. The number of aliphatic hydroxyl groups is 1. The molecule has 3 aromatic rings. The maximum absolute atomic E-state index is 11.4. The minimum atomic E-state index is -0.440. The Morgan fingerprint density at radius 3 is 2.04 bits per heavy atom. The van der Waals surface area contributed by atoms with E-state index in [1.54, 1.807) is 49.1 Å². The summed E-state index contributed by atoms with van der Waals surface area (Å²) in [5, 5.41) is 8.51. The van der Waals surface area contributed by atoms with Gasteiger partial charge in [0.1, 0.15) is 12.9 Å². The topological polar surface area (TPSA) is 90.1 Å². The van der Waals surface area contributed by atoms with Crippen LogP contribution < -0.4 is 0 Å². The third kappa shape index (κ3) is 5.68. The van der Waals surface area contributed by atoms with Crippen LogP contribution in [0.25, 0.3) is 0 Å². The molecule has 118 valence electrons. The summed E-state index contributed by atoms with van der Waals surface area (Å²) in [6, 6.07) is 7.14. The second-order valence-corrected chi connectivity index (χ2v) is 4.39. The van der Waals surface area contributed by atoms with Gasteiger partial charge in [-0.1, -0.05) is 0 Å². The van der Waals surface area contributed by atoms with E-state index in [2.05, 4.69) is 15.0 Å². The molecular weight excluding hydrogens is 296 g/mol. The van der Waals surface area contributed by atoms with Crippen molar-refractivity contribution in [3.63, 3.8) is 0 Å². The second kappa shape index (κ2) is 9.06. The average Bonchev–Trinajstić information content (AvgIpc) is 3.17. The van der Waals surface area contributed by atoms with Crippen molar-refractivity contribution in [1.82, 2.24) is 19.5 Å². The van der Waals surface area contributed by atoms with Crippen molar-refractivity contribution in [2.24, 2.45) is 0 Å². The van der Waals surface area contributed by atoms with Crippen molar-refractivity contribution in [2.75, 3.05) is 0 Å². The molecule has 0 saturated heterocycles. The van der Waals surface area contributed by atoms with Gasteiger partial charge in [0.05, 0.1) is 6.61 Å². The van der Waals surface area contributed by atoms with Crippen LogP contribution in [-0.4, -0.2) is 30.7 Å². The number of aromatic nitrogens is 4. The van der Waals surface area contributed by atoms with E-state index in [0.29, 0.717) is 0 Å². The number of imidazole rings is 1. The molecule has 0 fully saturated rings. The van der Waals surface area contributed by atoms with E-state index in [1.165, 1.54) is 23.3 Å². The van der Waals surface area contributed by atoms with Gasteiger partial charge in [-0.15, -0.1) is 0 Å². The maximum Gasteiger partial charge on any atom is 0.419 e.